The van der Waals surface area contributed by atoms with E-state index in [2.05, 4.69) is 9.88 Å². The predicted molar refractivity (Wildman–Crippen MR) is 136 cm³/mol. The molecule has 6 nitrogen and oxygen atoms in total. The van der Waals surface area contributed by atoms with Gasteiger partial charge < -0.3 is 14.1 Å². The highest BCUT2D eigenvalue weighted by Gasteiger charge is 2.38. The molecule has 4 rings (SSSR count). The molecule has 0 aliphatic carbocycles. The Morgan fingerprint density at radius 2 is 1.76 bits per heavy atom. The summed E-state index contributed by atoms with van der Waals surface area (Å²) in [6.45, 7) is 1.97. The van der Waals surface area contributed by atoms with Crippen LogP contribution in [0.25, 0.3) is 11.6 Å². The Morgan fingerprint density at radius 1 is 1.05 bits per heavy atom. The summed E-state index contributed by atoms with van der Waals surface area (Å²) in [6, 6.07) is 12.6. The number of ether oxygens (including phenoxy) is 1. The molecule has 0 unspecified atom stereocenters. The molecule has 0 radical (unpaired) electrons. The molecule has 11 heteroatoms. The number of hydrogen-bond donors (Lipinski definition) is 0. The quantitative estimate of drug-likeness (QED) is 0.243. The number of allylic oxidation sites excluding steroid dienone is 1. The molecule has 0 atom stereocenters. The number of nitrogens with zero attached hydrogens (tertiary/aromatic N) is 2. The first-order chi connectivity index (χ1) is 18.1. The number of aromatic nitrogens is 1. The zero-order valence-corrected chi connectivity index (χ0v) is 21.4. The van der Waals surface area contributed by atoms with Gasteiger partial charge in [-0.1, -0.05) is 30.3 Å². The molecule has 0 spiro atoms. The molecule has 1 fully saturated rings. The molecule has 0 amide bonds. The SMILES string of the molecule is O=S1(=O)CCN(CCCCc2ccc(OCc3coc(/C(=C\c4ccccc4F)C(F)(F)F)n3)cc2)CC1. The Morgan fingerprint density at radius 3 is 2.45 bits per heavy atom. The normalized spacial score (nSPS) is 16.5. The zero-order valence-electron chi connectivity index (χ0n) is 20.6. The molecule has 1 saturated heterocycles. The minimum Gasteiger partial charge on any atom is -0.487 e. The van der Waals surface area contributed by atoms with E-state index in [4.69, 9.17) is 9.15 Å². The maximum Gasteiger partial charge on any atom is 0.421 e. The van der Waals surface area contributed by atoms with Crippen LogP contribution in [0.4, 0.5) is 17.6 Å². The van der Waals surface area contributed by atoms with Crippen LogP contribution in [-0.2, 0) is 22.9 Å². The second kappa shape index (κ2) is 12.1. The molecule has 2 aromatic carbocycles. The van der Waals surface area contributed by atoms with Gasteiger partial charge in [0.05, 0.1) is 11.5 Å². The molecule has 1 aliphatic heterocycles. The van der Waals surface area contributed by atoms with Crippen LogP contribution in [0.15, 0.2) is 59.2 Å². The van der Waals surface area contributed by atoms with Gasteiger partial charge >= 0.3 is 6.18 Å². The molecule has 0 saturated carbocycles. The van der Waals surface area contributed by atoms with Gasteiger partial charge in [-0.2, -0.15) is 13.2 Å². The lowest BCUT2D eigenvalue weighted by molar-refractivity contribution is -0.0697. The molecule has 3 aromatic rings. The van der Waals surface area contributed by atoms with Crippen LogP contribution in [0.3, 0.4) is 0 Å². The summed E-state index contributed by atoms with van der Waals surface area (Å²) in [4.78, 5) is 6.07. The number of alkyl halides is 3. The van der Waals surface area contributed by atoms with Crippen LogP contribution in [0.5, 0.6) is 5.75 Å². The van der Waals surface area contributed by atoms with E-state index >= 15 is 0 Å². The molecule has 2 heterocycles. The maximum absolute atomic E-state index is 13.9. The van der Waals surface area contributed by atoms with E-state index in [0.29, 0.717) is 24.9 Å². The third-order valence-electron chi connectivity index (χ3n) is 6.23. The molecule has 1 aliphatic rings. The van der Waals surface area contributed by atoms with Gasteiger partial charge in [0.1, 0.15) is 35.7 Å². The van der Waals surface area contributed by atoms with Crippen LogP contribution in [0.2, 0.25) is 0 Å². The number of aryl methyl sites for hydroxylation is 1. The van der Waals surface area contributed by atoms with Crippen LogP contribution < -0.4 is 4.74 Å². The van der Waals surface area contributed by atoms with Crippen molar-refractivity contribution < 1.29 is 35.1 Å². The third-order valence-corrected chi connectivity index (χ3v) is 7.84. The number of unbranched alkanes of at least 4 members (excludes halogenated alkanes) is 1. The first-order valence-corrected chi connectivity index (χ1v) is 14.0. The lowest BCUT2D eigenvalue weighted by Crippen LogP contribution is -2.40. The van der Waals surface area contributed by atoms with Crippen LogP contribution >= 0.6 is 0 Å². The van der Waals surface area contributed by atoms with Gasteiger partial charge in [-0.05, 0) is 55.6 Å². The monoisotopic (exact) mass is 552 g/mol. The summed E-state index contributed by atoms with van der Waals surface area (Å²) >= 11 is 0. The Labute approximate surface area is 218 Å². The smallest absolute Gasteiger partial charge is 0.421 e. The van der Waals surface area contributed by atoms with Gasteiger partial charge in [0.15, 0.2) is 9.84 Å². The Bertz CT molecular complexity index is 1340. The van der Waals surface area contributed by atoms with Crippen LogP contribution in [0.1, 0.15) is 35.6 Å². The van der Waals surface area contributed by atoms with Crippen molar-refractivity contribution in [3.63, 3.8) is 0 Å². The maximum atomic E-state index is 13.9. The highest BCUT2D eigenvalue weighted by atomic mass is 32.2. The van der Waals surface area contributed by atoms with Crippen LogP contribution in [-0.4, -0.2) is 55.6 Å². The first-order valence-electron chi connectivity index (χ1n) is 12.2. The van der Waals surface area contributed by atoms with E-state index in [0.717, 1.165) is 43.7 Å². The van der Waals surface area contributed by atoms with Gasteiger partial charge in [-0.15, -0.1) is 0 Å². The Balaban J connectivity index is 1.27. The van der Waals surface area contributed by atoms with Gasteiger partial charge in [-0.3, -0.25) is 0 Å². The Hall–Kier alpha value is -3.18. The average molecular weight is 553 g/mol. The minimum absolute atomic E-state index is 0.0980. The lowest BCUT2D eigenvalue weighted by Gasteiger charge is -2.26. The van der Waals surface area contributed by atoms with Crippen molar-refractivity contribution in [3.05, 3.63) is 83.3 Å². The topological polar surface area (TPSA) is 72.6 Å². The van der Waals surface area contributed by atoms with Gasteiger partial charge in [0, 0.05) is 18.7 Å². The standard InChI is InChI=1S/C27H28F4N2O4S/c28-25-7-2-1-6-21(25)17-24(27(29,30)31)26-32-22(19-37-26)18-36-23-10-8-20(9-11-23)5-3-4-12-33-13-15-38(34,35)16-14-33/h1-2,6-11,17,19H,3-5,12-16,18H2/b24-17+. The molecular weight excluding hydrogens is 524 g/mol. The molecule has 0 N–H and O–H groups in total. The van der Waals surface area contributed by atoms with Gasteiger partial charge in [0.2, 0.25) is 5.89 Å². The van der Waals surface area contributed by atoms with Gasteiger partial charge in [0.25, 0.3) is 0 Å². The first kappa shape index (κ1) is 27.8. The number of oxazole rings is 1. The molecule has 0 bridgehead atoms. The van der Waals surface area contributed by atoms with E-state index < -0.39 is 33.3 Å². The predicted octanol–water partition coefficient (Wildman–Crippen LogP) is 5.55. The Kier molecular flexibility index (Phi) is 8.88. The average Bonchev–Trinajstić information content (AvgIpc) is 3.34. The summed E-state index contributed by atoms with van der Waals surface area (Å²) in [5, 5.41) is 0. The number of hydrogen-bond acceptors (Lipinski definition) is 6. The van der Waals surface area contributed by atoms with E-state index in [1.807, 2.05) is 12.1 Å². The number of halogens is 4. The van der Waals surface area contributed by atoms with Crippen molar-refractivity contribution in [3.8, 4) is 5.75 Å². The number of sulfone groups is 1. The van der Waals surface area contributed by atoms with Crippen molar-refractivity contribution in [2.75, 3.05) is 31.1 Å². The van der Waals surface area contributed by atoms with E-state index in [1.165, 1.54) is 18.2 Å². The number of benzene rings is 2. The zero-order chi connectivity index (χ0) is 27.2. The summed E-state index contributed by atoms with van der Waals surface area (Å²) in [5.41, 5.74) is -0.130. The minimum atomic E-state index is -4.80. The molecule has 38 heavy (non-hydrogen) atoms. The van der Waals surface area contributed by atoms with E-state index in [9.17, 15) is 26.0 Å². The highest BCUT2D eigenvalue weighted by Crippen LogP contribution is 2.35. The molecule has 1 aromatic heterocycles. The molecule has 204 valence electrons. The summed E-state index contributed by atoms with van der Waals surface area (Å²) < 4.78 is 88.4. The van der Waals surface area contributed by atoms with Crippen molar-refractivity contribution in [2.24, 2.45) is 0 Å². The van der Waals surface area contributed by atoms with Crippen LogP contribution in [0, 0.1) is 5.82 Å². The lowest BCUT2D eigenvalue weighted by atomic mass is 10.1. The fraction of sp³-hybridized carbons (Fsp3) is 0.370. The highest BCUT2D eigenvalue weighted by molar-refractivity contribution is 7.91. The van der Waals surface area contributed by atoms with E-state index in [-0.39, 0.29) is 29.4 Å². The van der Waals surface area contributed by atoms with Gasteiger partial charge in [-0.25, -0.2) is 17.8 Å². The fourth-order valence-corrected chi connectivity index (χ4v) is 5.33. The second-order valence-electron chi connectivity index (χ2n) is 9.10. The van der Waals surface area contributed by atoms with Crippen molar-refractivity contribution in [2.45, 2.75) is 32.0 Å². The molecular formula is C27H28F4N2O4S. The largest absolute Gasteiger partial charge is 0.487 e. The van der Waals surface area contributed by atoms with Crippen molar-refractivity contribution >= 4 is 21.5 Å². The number of rotatable bonds is 10. The summed E-state index contributed by atoms with van der Waals surface area (Å²) in [6.07, 6.45) is -0.238. The van der Waals surface area contributed by atoms with Crippen molar-refractivity contribution in [1.29, 1.82) is 0 Å². The fourth-order valence-electron chi connectivity index (χ4n) is 4.06. The van der Waals surface area contributed by atoms with Crippen molar-refractivity contribution in [1.82, 2.24) is 9.88 Å². The summed E-state index contributed by atoms with van der Waals surface area (Å²) in [7, 11) is -2.86. The van der Waals surface area contributed by atoms with E-state index in [1.54, 1.807) is 12.1 Å². The third kappa shape index (κ3) is 7.91. The second-order valence-corrected chi connectivity index (χ2v) is 11.4. The summed E-state index contributed by atoms with van der Waals surface area (Å²) in [5.74, 6) is -0.449.